The van der Waals surface area contributed by atoms with Crippen LogP contribution in [0.15, 0.2) is 34.7 Å². The summed E-state index contributed by atoms with van der Waals surface area (Å²) < 4.78 is 10.4. The first-order chi connectivity index (χ1) is 9.51. The van der Waals surface area contributed by atoms with E-state index in [1.54, 1.807) is 25.3 Å². The van der Waals surface area contributed by atoms with E-state index in [0.717, 1.165) is 5.69 Å². The van der Waals surface area contributed by atoms with Gasteiger partial charge in [0.1, 0.15) is 11.5 Å². The molecule has 1 heterocycles. The first-order valence-corrected chi connectivity index (χ1v) is 6.32. The van der Waals surface area contributed by atoms with Crippen molar-refractivity contribution in [2.24, 2.45) is 0 Å². The number of rotatable bonds is 5. The van der Waals surface area contributed by atoms with Gasteiger partial charge in [-0.25, -0.2) is 4.79 Å². The van der Waals surface area contributed by atoms with Crippen LogP contribution in [0.4, 0.5) is 5.69 Å². The Bertz CT molecular complexity index is 623. The molecule has 0 aliphatic rings. The molecule has 1 atom stereocenters. The van der Waals surface area contributed by atoms with Gasteiger partial charge < -0.3 is 19.6 Å². The number of nitrogens with one attached hydrogen (secondary N) is 1. The number of hydrogen-bond acceptors (Lipinski definition) is 4. The predicted octanol–water partition coefficient (Wildman–Crippen LogP) is 3.81. The number of hydrogen-bond donors (Lipinski definition) is 2. The van der Waals surface area contributed by atoms with E-state index in [9.17, 15) is 4.79 Å². The Balaban J connectivity index is 2.14. The number of anilines is 1. The van der Waals surface area contributed by atoms with E-state index in [1.807, 2.05) is 13.0 Å². The summed E-state index contributed by atoms with van der Waals surface area (Å²) in [5.74, 6) is -0.0650. The molecule has 2 N–H and O–H groups in total. The highest BCUT2D eigenvalue weighted by Gasteiger charge is 2.14. The number of halogens is 1. The number of aromatic carboxylic acids is 1. The van der Waals surface area contributed by atoms with E-state index in [-0.39, 0.29) is 11.8 Å². The average molecular weight is 296 g/mol. The Morgan fingerprint density at radius 1 is 1.40 bits per heavy atom. The summed E-state index contributed by atoms with van der Waals surface area (Å²) in [7, 11) is 1.54. The van der Waals surface area contributed by atoms with Crippen molar-refractivity contribution in [2.75, 3.05) is 12.4 Å². The molecule has 0 aliphatic carbocycles. The quantitative estimate of drug-likeness (QED) is 0.877. The lowest BCUT2D eigenvalue weighted by molar-refractivity contribution is 0.0660. The van der Waals surface area contributed by atoms with E-state index in [1.165, 1.54) is 6.07 Å². The van der Waals surface area contributed by atoms with Crippen LogP contribution >= 0.6 is 11.6 Å². The smallest absolute Gasteiger partial charge is 0.371 e. The van der Waals surface area contributed by atoms with Crippen LogP contribution in [-0.2, 0) is 0 Å². The summed E-state index contributed by atoms with van der Waals surface area (Å²) in [6.07, 6.45) is 0. The number of methoxy groups -OCH3 is 1. The zero-order chi connectivity index (χ0) is 14.7. The van der Waals surface area contributed by atoms with E-state index in [0.29, 0.717) is 16.5 Å². The van der Waals surface area contributed by atoms with Gasteiger partial charge in [-0.2, -0.15) is 0 Å². The lowest BCUT2D eigenvalue weighted by Gasteiger charge is -2.14. The van der Waals surface area contributed by atoms with Gasteiger partial charge in [-0.15, -0.1) is 0 Å². The maximum atomic E-state index is 10.8. The predicted molar refractivity (Wildman–Crippen MR) is 75.7 cm³/mol. The first kappa shape index (κ1) is 14.3. The van der Waals surface area contributed by atoms with Crippen LogP contribution in [0.5, 0.6) is 5.75 Å². The van der Waals surface area contributed by atoms with Crippen LogP contribution in [0.2, 0.25) is 5.02 Å². The van der Waals surface area contributed by atoms with Gasteiger partial charge in [-0.1, -0.05) is 11.6 Å². The third kappa shape index (κ3) is 3.05. The topological polar surface area (TPSA) is 71.7 Å². The SMILES string of the molecule is COc1cc(NC(C)c2ccc(C(=O)O)o2)ccc1Cl. The zero-order valence-electron chi connectivity index (χ0n) is 11.0. The normalized spacial score (nSPS) is 11.9. The molecule has 20 heavy (non-hydrogen) atoms. The van der Waals surface area contributed by atoms with Crippen molar-refractivity contribution >= 4 is 23.3 Å². The maximum Gasteiger partial charge on any atom is 0.371 e. The third-order valence-electron chi connectivity index (χ3n) is 2.80. The highest BCUT2D eigenvalue weighted by Crippen LogP contribution is 2.29. The molecular formula is C14H14ClNO4. The van der Waals surface area contributed by atoms with Gasteiger partial charge in [-0.05, 0) is 31.2 Å². The van der Waals surface area contributed by atoms with E-state index < -0.39 is 5.97 Å². The second kappa shape index (κ2) is 5.88. The Hall–Kier alpha value is -2.14. The molecule has 0 spiro atoms. The van der Waals surface area contributed by atoms with Crippen molar-refractivity contribution in [2.45, 2.75) is 13.0 Å². The molecule has 1 aromatic carbocycles. The number of carboxylic acids is 1. The highest BCUT2D eigenvalue weighted by molar-refractivity contribution is 6.32. The fraction of sp³-hybridized carbons (Fsp3) is 0.214. The van der Waals surface area contributed by atoms with Crippen LogP contribution in [0.1, 0.15) is 29.3 Å². The first-order valence-electron chi connectivity index (χ1n) is 5.94. The Morgan fingerprint density at radius 2 is 2.15 bits per heavy atom. The van der Waals surface area contributed by atoms with E-state index in [2.05, 4.69) is 5.32 Å². The second-order valence-electron chi connectivity index (χ2n) is 4.22. The van der Waals surface area contributed by atoms with Crippen LogP contribution in [0.25, 0.3) is 0 Å². The van der Waals surface area contributed by atoms with Crippen LogP contribution in [0, 0.1) is 0 Å². The largest absolute Gasteiger partial charge is 0.495 e. The summed E-state index contributed by atoms with van der Waals surface area (Å²) in [5.41, 5.74) is 0.798. The number of carboxylic acid groups (broad SMARTS) is 1. The summed E-state index contributed by atoms with van der Waals surface area (Å²) >= 11 is 5.95. The van der Waals surface area contributed by atoms with Gasteiger partial charge in [-0.3, -0.25) is 0 Å². The zero-order valence-corrected chi connectivity index (χ0v) is 11.8. The van der Waals surface area contributed by atoms with Gasteiger partial charge in [0.15, 0.2) is 0 Å². The van der Waals surface area contributed by atoms with Crippen LogP contribution in [0.3, 0.4) is 0 Å². The van der Waals surface area contributed by atoms with Gasteiger partial charge in [0, 0.05) is 11.8 Å². The molecule has 0 radical (unpaired) electrons. The Kier molecular flexibility index (Phi) is 4.20. The van der Waals surface area contributed by atoms with Crippen molar-refractivity contribution in [1.82, 2.24) is 0 Å². The summed E-state index contributed by atoms with van der Waals surface area (Å²) in [4.78, 5) is 10.8. The maximum absolute atomic E-state index is 10.8. The van der Waals surface area contributed by atoms with Crippen LogP contribution in [-0.4, -0.2) is 18.2 Å². The minimum absolute atomic E-state index is 0.0812. The monoisotopic (exact) mass is 295 g/mol. The molecule has 1 aromatic heterocycles. The summed E-state index contributed by atoms with van der Waals surface area (Å²) in [6, 6.07) is 8.17. The van der Waals surface area contributed by atoms with Gasteiger partial charge in [0.2, 0.25) is 5.76 Å². The molecular weight excluding hydrogens is 282 g/mol. The molecule has 5 nitrogen and oxygen atoms in total. The van der Waals surface area contributed by atoms with Crippen molar-refractivity contribution < 1.29 is 19.1 Å². The number of carbonyl (C=O) groups is 1. The van der Waals surface area contributed by atoms with Crippen molar-refractivity contribution in [3.05, 3.63) is 46.9 Å². The third-order valence-corrected chi connectivity index (χ3v) is 3.11. The minimum Gasteiger partial charge on any atom is -0.495 e. The molecule has 1 unspecified atom stereocenters. The molecule has 0 aliphatic heterocycles. The molecule has 0 fully saturated rings. The van der Waals surface area contributed by atoms with Crippen LogP contribution < -0.4 is 10.1 Å². The fourth-order valence-electron chi connectivity index (χ4n) is 1.77. The molecule has 2 aromatic rings. The number of ether oxygens (including phenoxy) is 1. The van der Waals surface area contributed by atoms with Gasteiger partial charge in [0.25, 0.3) is 0 Å². The molecule has 6 heteroatoms. The standard InChI is InChI=1S/C14H14ClNO4/c1-8(11-5-6-12(20-11)14(17)18)16-9-3-4-10(15)13(7-9)19-2/h3-8,16H,1-2H3,(H,17,18). The summed E-state index contributed by atoms with van der Waals surface area (Å²) in [5, 5.41) is 12.5. The fourth-order valence-corrected chi connectivity index (χ4v) is 1.97. The molecule has 0 bridgehead atoms. The van der Waals surface area contributed by atoms with Crippen molar-refractivity contribution in [3.8, 4) is 5.75 Å². The average Bonchev–Trinajstić information content (AvgIpc) is 2.91. The Morgan fingerprint density at radius 3 is 2.75 bits per heavy atom. The molecule has 106 valence electrons. The molecule has 0 amide bonds. The lowest BCUT2D eigenvalue weighted by Crippen LogP contribution is -2.05. The molecule has 2 rings (SSSR count). The second-order valence-corrected chi connectivity index (χ2v) is 4.63. The molecule has 0 saturated carbocycles. The van der Waals surface area contributed by atoms with Crippen molar-refractivity contribution in [3.63, 3.8) is 0 Å². The van der Waals surface area contributed by atoms with Gasteiger partial charge >= 0.3 is 5.97 Å². The molecule has 0 saturated heterocycles. The van der Waals surface area contributed by atoms with E-state index >= 15 is 0 Å². The van der Waals surface area contributed by atoms with Crippen molar-refractivity contribution in [1.29, 1.82) is 0 Å². The highest BCUT2D eigenvalue weighted by atomic mass is 35.5. The Labute approximate surface area is 121 Å². The minimum atomic E-state index is -1.09. The van der Waals surface area contributed by atoms with E-state index in [4.69, 9.17) is 25.9 Å². The number of benzene rings is 1. The van der Waals surface area contributed by atoms with Gasteiger partial charge in [0.05, 0.1) is 18.2 Å². The summed E-state index contributed by atoms with van der Waals surface area (Å²) in [6.45, 7) is 1.87. The lowest BCUT2D eigenvalue weighted by atomic mass is 10.2. The number of furan rings is 1.